The van der Waals surface area contributed by atoms with Gasteiger partial charge in [0, 0.05) is 28.0 Å². The van der Waals surface area contributed by atoms with Crippen molar-refractivity contribution in [3.05, 3.63) is 95.3 Å². The number of ether oxygens (including phenoxy) is 1. The molecule has 0 fully saturated rings. The number of ketones is 1. The summed E-state index contributed by atoms with van der Waals surface area (Å²) in [6, 6.07) is 24.4. The lowest BCUT2D eigenvalue weighted by molar-refractivity contribution is 0.102. The van der Waals surface area contributed by atoms with Gasteiger partial charge in [0.1, 0.15) is 5.75 Å². The van der Waals surface area contributed by atoms with Gasteiger partial charge in [-0.25, -0.2) is 0 Å². The molecule has 0 aliphatic rings. The number of aromatic nitrogens is 3. The molecule has 32 heavy (non-hydrogen) atoms. The van der Waals surface area contributed by atoms with Gasteiger partial charge in [-0.3, -0.25) is 9.36 Å². The van der Waals surface area contributed by atoms with Crippen molar-refractivity contribution in [2.24, 2.45) is 0 Å². The highest BCUT2D eigenvalue weighted by atomic mass is 35.5. The summed E-state index contributed by atoms with van der Waals surface area (Å²) in [5.41, 5.74) is 2.46. The molecule has 0 spiro atoms. The normalized spacial score (nSPS) is 10.7. The van der Waals surface area contributed by atoms with Crippen molar-refractivity contribution in [1.82, 2.24) is 14.8 Å². The number of anilines is 1. The number of hydrogen-bond donors (Lipinski definition) is 1. The van der Waals surface area contributed by atoms with Crippen LogP contribution in [0, 0.1) is 0 Å². The van der Waals surface area contributed by atoms with Crippen LogP contribution in [0.4, 0.5) is 5.69 Å². The Morgan fingerprint density at radius 1 is 1.03 bits per heavy atom. The highest BCUT2D eigenvalue weighted by Crippen LogP contribution is 2.25. The van der Waals surface area contributed by atoms with Gasteiger partial charge in [0.2, 0.25) is 0 Å². The number of Topliss-reactive ketones (excluding diaryl/α,β-unsaturated/α-hetero) is 1. The number of methoxy groups -OCH3 is 1. The van der Waals surface area contributed by atoms with E-state index in [1.807, 2.05) is 83.4 Å². The zero-order chi connectivity index (χ0) is 22.3. The van der Waals surface area contributed by atoms with E-state index in [9.17, 15) is 4.79 Å². The fourth-order valence-electron chi connectivity index (χ4n) is 3.11. The van der Waals surface area contributed by atoms with Crippen molar-refractivity contribution in [1.29, 1.82) is 0 Å². The fraction of sp³-hybridized carbons (Fsp3) is 0.125. The Labute approximate surface area is 195 Å². The van der Waals surface area contributed by atoms with Crippen LogP contribution >= 0.6 is 23.4 Å². The van der Waals surface area contributed by atoms with Crippen molar-refractivity contribution in [3.8, 4) is 11.4 Å². The molecule has 0 saturated heterocycles. The Morgan fingerprint density at radius 3 is 2.56 bits per heavy atom. The number of halogens is 1. The Balaban J connectivity index is 1.56. The molecule has 1 aromatic heterocycles. The van der Waals surface area contributed by atoms with Crippen LogP contribution in [0.1, 0.15) is 16.2 Å². The van der Waals surface area contributed by atoms with Gasteiger partial charge in [0.25, 0.3) is 0 Å². The fourth-order valence-corrected chi connectivity index (χ4v) is 4.10. The second-order valence-corrected chi connectivity index (χ2v) is 8.25. The molecule has 0 atom stereocenters. The van der Waals surface area contributed by atoms with E-state index in [4.69, 9.17) is 16.3 Å². The highest BCUT2D eigenvalue weighted by molar-refractivity contribution is 7.99. The van der Waals surface area contributed by atoms with Gasteiger partial charge >= 0.3 is 0 Å². The van der Waals surface area contributed by atoms with Crippen LogP contribution in [0.25, 0.3) is 5.69 Å². The SMILES string of the molecule is COc1cccc(NCc2nnc(SCC(=O)c3ccccc3)n2-c2ccc(Cl)cc2)c1. The molecule has 0 amide bonds. The summed E-state index contributed by atoms with van der Waals surface area (Å²) in [7, 11) is 1.64. The molecule has 4 aromatic rings. The first-order valence-corrected chi connectivity index (χ1v) is 11.3. The Kier molecular flexibility index (Phi) is 7.09. The lowest BCUT2D eigenvalue weighted by atomic mass is 10.2. The summed E-state index contributed by atoms with van der Waals surface area (Å²) in [6.07, 6.45) is 0. The standard InChI is InChI=1S/C24H21ClN4O2S/c1-31-21-9-5-8-19(14-21)26-15-23-27-28-24(29(23)20-12-10-18(25)11-13-20)32-16-22(30)17-6-3-2-4-7-17/h2-14,26H,15-16H2,1H3. The Morgan fingerprint density at radius 2 is 1.81 bits per heavy atom. The van der Waals surface area contributed by atoms with Gasteiger partial charge in [0.15, 0.2) is 16.8 Å². The summed E-state index contributed by atoms with van der Waals surface area (Å²) in [5.74, 6) is 1.78. The lowest BCUT2D eigenvalue weighted by Gasteiger charge is -2.12. The van der Waals surface area contributed by atoms with E-state index in [0.717, 1.165) is 17.1 Å². The first-order valence-electron chi connectivity index (χ1n) is 9.93. The molecule has 0 radical (unpaired) electrons. The average molecular weight is 465 g/mol. The number of carbonyl (C=O) groups is 1. The topological polar surface area (TPSA) is 69.0 Å². The summed E-state index contributed by atoms with van der Waals surface area (Å²) >= 11 is 7.44. The first kappa shape index (κ1) is 21.9. The van der Waals surface area contributed by atoms with Crippen LogP contribution in [0.2, 0.25) is 5.02 Å². The Bertz CT molecular complexity index is 1200. The van der Waals surface area contributed by atoms with Gasteiger partial charge in [-0.05, 0) is 36.4 Å². The van der Waals surface area contributed by atoms with Gasteiger partial charge in [0.05, 0.1) is 19.4 Å². The monoisotopic (exact) mass is 464 g/mol. The van der Waals surface area contributed by atoms with Crippen molar-refractivity contribution >= 4 is 34.8 Å². The number of nitrogens with one attached hydrogen (secondary N) is 1. The predicted octanol–water partition coefficient (Wildman–Crippen LogP) is 5.52. The minimum absolute atomic E-state index is 0.0392. The first-order chi connectivity index (χ1) is 15.6. The molecule has 162 valence electrons. The van der Waals surface area contributed by atoms with Crippen molar-refractivity contribution in [3.63, 3.8) is 0 Å². The van der Waals surface area contributed by atoms with Crippen LogP contribution in [-0.4, -0.2) is 33.4 Å². The minimum Gasteiger partial charge on any atom is -0.497 e. The molecule has 0 saturated carbocycles. The van der Waals surface area contributed by atoms with E-state index in [1.165, 1.54) is 11.8 Å². The molecule has 0 aliphatic carbocycles. The van der Waals surface area contributed by atoms with E-state index >= 15 is 0 Å². The number of thioether (sulfide) groups is 1. The number of carbonyl (C=O) groups excluding carboxylic acids is 1. The summed E-state index contributed by atoms with van der Waals surface area (Å²) < 4.78 is 7.22. The van der Waals surface area contributed by atoms with Gasteiger partial charge in [-0.2, -0.15) is 0 Å². The van der Waals surface area contributed by atoms with E-state index in [2.05, 4.69) is 15.5 Å². The third kappa shape index (κ3) is 5.30. The molecule has 8 heteroatoms. The molecule has 4 rings (SSSR count). The summed E-state index contributed by atoms with van der Waals surface area (Å²) in [6.45, 7) is 0.440. The van der Waals surface area contributed by atoms with Crippen molar-refractivity contribution in [2.45, 2.75) is 11.7 Å². The highest BCUT2D eigenvalue weighted by Gasteiger charge is 2.16. The number of nitrogens with zero attached hydrogens (tertiary/aromatic N) is 3. The maximum absolute atomic E-state index is 12.6. The molecule has 1 heterocycles. The molecule has 0 aliphatic heterocycles. The third-order valence-corrected chi connectivity index (χ3v) is 5.91. The van der Waals surface area contributed by atoms with Crippen LogP contribution in [0.15, 0.2) is 84.0 Å². The van der Waals surface area contributed by atoms with Crippen LogP contribution < -0.4 is 10.1 Å². The molecule has 6 nitrogen and oxygen atoms in total. The lowest BCUT2D eigenvalue weighted by Crippen LogP contribution is -2.09. The predicted molar refractivity (Wildman–Crippen MR) is 128 cm³/mol. The average Bonchev–Trinajstić information content (AvgIpc) is 3.25. The maximum atomic E-state index is 12.6. The van der Waals surface area contributed by atoms with E-state index in [-0.39, 0.29) is 11.5 Å². The Hall–Kier alpha value is -3.29. The van der Waals surface area contributed by atoms with Gasteiger partial charge in [-0.15, -0.1) is 10.2 Å². The quantitative estimate of drug-likeness (QED) is 0.260. The summed E-state index contributed by atoms with van der Waals surface area (Å²) in [5, 5.41) is 13.4. The van der Waals surface area contributed by atoms with Gasteiger partial charge in [-0.1, -0.05) is 59.8 Å². The molecular formula is C24H21ClN4O2S. The van der Waals surface area contributed by atoms with E-state index in [1.54, 1.807) is 7.11 Å². The van der Waals surface area contributed by atoms with Crippen molar-refractivity contribution < 1.29 is 9.53 Å². The third-order valence-electron chi connectivity index (χ3n) is 4.73. The number of rotatable bonds is 9. The molecule has 0 unspecified atom stereocenters. The number of hydrogen-bond acceptors (Lipinski definition) is 6. The van der Waals surface area contributed by atoms with E-state index in [0.29, 0.717) is 28.1 Å². The summed E-state index contributed by atoms with van der Waals surface area (Å²) in [4.78, 5) is 12.6. The zero-order valence-electron chi connectivity index (χ0n) is 17.4. The zero-order valence-corrected chi connectivity index (χ0v) is 18.9. The van der Waals surface area contributed by atoms with Gasteiger partial charge < -0.3 is 10.1 Å². The molecule has 0 bridgehead atoms. The maximum Gasteiger partial charge on any atom is 0.196 e. The van der Waals surface area contributed by atoms with Crippen LogP contribution in [-0.2, 0) is 6.54 Å². The number of benzene rings is 3. The van der Waals surface area contributed by atoms with E-state index < -0.39 is 0 Å². The largest absolute Gasteiger partial charge is 0.497 e. The molecular weight excluding hydrogens is 444 g/mol. The van der Waals surface area contributed by atoms with Crippen molar-refractivity contribution in [2.75, 3.05) is 18.2 Å². The second kappa shape index (κ2) is 10.3. The minimum atomic E-state index is 0.0392. The molecule has 3 aromatic carbocycles. The molecule has 1 N–H and O–H groups in total. The van der Waals surface area contributed by atoms with Crippen LogP contribution in [0.3, 0.4) is 0 Å². The van der Waals surface area contributed by atoms with Crippen LogP contribution in [0.5, 0.6) is 5.75 Å². The second-order valence-electron chi connectivity index (χ2n) is 6.87. The smallest absolute Gasteiger partial charge is 0.196 e.